The van der Waals surface area contributed by atoms with E-state index in [0.29, 0.717) is 13.2 Å². The average Bonchev–Trinajstić information content (AvgIpc) is 2.19. The third-order valence-corrected chi connectivity index (χ3v) is 1.71. The predicted molar refractivity (Wildman–Crippen MR) is 51.1 cm³/mol. The van der Waals surface area contributed by atoms with Crippen LogP contribution >= 0.6 is 0 Å². The molecule has 0 radical (unpaired) electrons. The summed E-state index contributed by atoms with van der Waals surface area (Å²) in [6, 6.07) is -0.446. The molecule has 14 heavy (non-hydrogen) atoms. The number of hydrogen-bond donors (Lipinski definition) is 5. The molecular weight excluding hydrogens is 186 g/mol. The second kappa shape index (κ2) is 5.40. The van der Waals surface area contributed by atoms with E-state index in [1.165, 1.54) is 0 Å². The van der Waals surface area contributed by atoms with Crippen LogP contribution in [0.1, 0.15) is 0 Å². The molecule has 1 saturated heterocycles. The summed E-state index contributed by atoms with van der Waals surface area (Å²) in [6.45, 7) is 1.96. The third-order valence-electron chi connectivity index (χ3n) is 1.71. The van der Waals surface area contributed by atoms with Crippen molar-refractivity contribution in [3.8, 4) is 0 Å². The van der Waals surface area contributed by atoms with Crippen LogP contribution in [0, 0.1) is 5.41 Å². The normalized spacial score (nSPS) is 21.1. The van der Waals surface area contributed by atoms with Crippen molar-refractivity contribution in [1.29, 1.82) is 5.41 Å². The van der Waals surface area contributed by atoms with Gasteiger partial charge in [-0.15, -0.1) is 0 Å². The highest BCUT2D eigenvalue weighted by atomic mass is 16.5. The summed E-state index contributed by atoms with van der Waals surface area (Å²) in [5, 5.41) is 17.6. The first-order chi connectivity index (χ1) is 6.72. The minimum atomic E-state index is -0.446. The van der Waals surface area contributed by atoms with Crippen molar-refractivity contribution < 1.29 is 9.53 Å². The van der Waals surface area contributed by atoms with Gasteiger partial charge in [0.1, 0.15) is 6.23 Å². The van der Waals surface area contributed by atoms with Gasteiger partial charge in [-0.1, -0.05) is 0 Å². The predicted octanol–water partition coefficient (Wildman–Crippen LogP) is -1.61. The van der Waals surface area contributed by atoms with Crippen LogP contribution in [0.4, 0.5) is 4.79 Å². The molecule has 0 aromatic rings. The minimum Gasteiger partial charge on any atom is -0.359 e. The molecule has 1 atom stereocenters. The second-order valence-corrected chi connectivity index (χ2v) is 2.79. The zero-order valence-electron chi connectivity index (χ0n) is 8.02. The Kier molecular flexibility index (Phi) is 4.14. The van der Waals surface area contributed by atoms with Gasteiger partial charge in [-0.25, -0.2) is 4.79 Å². The largest absolute Gasteiger partial charge is 0.359 e. The maximum atomic E-state index is 11.2. The molecule has 2 amide bonds. The highest BCUT2D eigenvalue weighted by molar-refractivity contribution is 5.94. The number of rotatable bonds is 1. The third kappa shape index (κ3) is 3.58. The molecule has 80 valence electrons. The fraction of sp³-hybridized carbons (Fsp3) is 0.714. The van der Waals surface area contributed by atoms with Gasteiger partial charge in [-0.3, -0.25) is 10.7 Å². The maximum Gasteiger partial charge on any atom is 0.323 e. The topological polar surface area (TPSA) is 98.3 Å². The lowest BCUT2D eigenvalue weighted by molar-refractivity contribution is 0.0148. The van der Waals surface area contributed by atoms with E-state index < -0.39 is 6.03 Å². The minimum absolute atomic E-state index is 0.0498. The fourth-order valence-corrected chi connectivity index (χ4v) is 1.02. The van der Waals surface area contributed by atoms with E-state index in [0.717, 1.165) is 6.54 Å². The molecule has 7 nitrogen and oxygen atoms in total. The Balaban J connectivity index is 2.21. The molecule has 1 aliphatic heterocycles. The number of carbonyl (C=O) groups is 1. The van der Waals surface area contributed by atoms with Crippen molar-refractivity contribution in [3.05, 3.63) is 0 Å². The second-order valence-electron chi connectivity index (χ2n) is 2.79. The molecule has 1 unspecified atom stereocenters. The SMILES string of the molecule is CNC(=N)NC(=O)NC1CNCCO1. The molecule has 0 aromatic heterocycles. The molecule has 1 aliphatic rings. The molecule has 0 saturated carbocycles. The Morgan fingerprint density at radius 3 is 3.00 bits per heavy atom. The molecule has 5 N–H and O–H groups in total. The van der Waals surface area contributed by atoms with E-state index >= 15 is 0 Å². The van der Waals surface area contributed by atoms with Gasteiger partial charge in [-0.2, -0.15) is 0 Å². The van der Waals surface area contributed by atoms with Crippen molar-refractivity contribution >= 4 is 12.0 Å². The number of carbonyl (C=O) groups excluding carboxylic acids is 1. The maximum absolute atomic E-state index is 11.2. The van der Waals surface area contributed by atoms with Gasteiger partial charge >= 0.3 is 6.03 Å². The highest BCUT2D eigenvalue weighted by Crippen LogP contribution is 1.90. The molecule has 7 heteroatoms. The lowest BCUT2D eigenvalue weighted by Gasteiger charge is -2.24. The van der Waals surface area contributed by atoms with Crippen LogP contribution in [0.3, 0.4) is 0 Å². The first-order valence-corrected chi connectivity index (χ1v) is 4.38. The Hall–Kier alpha value is -1.34. The quantitative estimate of drug-likeness (QED) is 0.260. The molecular formula is C7H15N5O2. The van der Waals surface area contributed by atoms with Crippen LogP contribution in [-0.4, -0.2) is 45.0 Å². The van der Waals surface area contributed by atoms with Crippen molar-refractivity contribution in [2.45, 2.75) is 6.23 Å². The van der Waals surface area contributed by atoms with Gasteiger partial charge in [-0.05, 0) is 0 Å². The molecule has 1 heterocycles. The lowest BCUT2D eigenvalue weighted by atomic mass is 10.4. The van der Waals surface area contributed by atoms with Crippen molar-refractivity contribution in [2.75, 3.05) is 26.7 Å². The van der Waals surface area contributed by atoms with E-state index in [1.54, 1.807) is 7.05 Å². The first kappa shape index (κ1) is 10.7. The Bertz CT molecular complexity index is 214. The van der Waals surface area contributed by atoms with Gasteiger partial charge in [0.2, 0.25) is 0 Å². The zero-order valence-corrected chi connectivity index (χ0v) is 8.02. The molecule has 1 rings (SSSR count). The molecule has 0 spiro atoms. The van der Waals surface area contributed by atoms with Gasteiger partial charge in [0.15, 0.2) is 5.96 Å². The van der Waals surface area contributed by atoms with Crippen LogP contribution in [0.5, 0.6) is 0 Å². The fourth-order valence-electron chi connectivity index (χ4n) is 1.02. The summed E-state index contributed by atoms with van der Waals surface area (Å²) in [7, 11) is 1.56. The smallest absolute Gasteiger partial charge is 0.323 e. The van der Waals surface area contributed by atoms with Crippen LogP contribution < -0.4 is 21.3 Å². The van der Waals surface area contributed by atoms with Crippen molar-refractivity contribution in [3.63, 3.8) is 0 Å². The van der Waals surface area contributed by atoms with Crippen LogP contribution in [0.2, 0.25) is 0 Å². The van der Waals surface area contributed by atoms with E-state index in [1.807, 2.05) is 0 Å². The number of morpholine rings is 1. The summed E-state index contributed by atoms with van der Waals surface area (Å²) in [5.74, 6) is -0.0498. The number of ether oxygens (including phenoxy) is 1. The van der Waals surface area contributed by atoms with Crippen molar-refractivity contribution in [1.82, 2.24) is 21.3 Å². The van der Waals surface area contributed by atoms with Gasteiger partial charge in [0.05, 0.1) is 6.61 Å². The summed E-state index contributed by atoms with van der Waals surface area (Å²) in [4.78, 5) is 11.2. The number of amides is 2. The van der Waals surface area contributed by atoms with E-state index in [9.17, 15) is 4.79 Å². The lowest BCUT2D eigenvalue weighted by Crippen LogP contribution is -2.53. The monoisotopic (exact) mass is 201 g/mol. The summed E-state index contributed by atoms with van der Waals surface area (Å²) in [6.07, 6.45) is -0.326. The van der Waals surface area contributed by atoms with Gasteiger partial charge < -0.3 is 20.7 Å². The standard InChI is InChI=1S/C7H15N5O2/c1-9-6(8)12-7(13)11-5-4-10-2-3-14-5/h5,10H,2-4H2,1H3,(H4,8,9,11,12,13). The Morgan fingerprint density at radius 1 is 1.64 bits per heavy atom. The van der Waals surface area contributed by atoms with Crippen LogP contribution in [0.15, 0.2) is 0 Å². The molecule has 0 aromatic carbocycles. The van der Waals surface area contributed by atoms with E-state index in [-0.39, 0.29) is 12.2 Å². The molecule has 1 fully saturated rings. The first-order valence-electron chi connectivity index (χ1n) is 4.38. The molecule has 0 bridgehead atoms. The summed E-state index contributed by atoms with van der Waals surface area (Å²) in [5.41, 5.74) is 0. The van der Waals surface area contributed by atoms with Crippen LogP contribution in [0.25, 0.3) is 0 Å². The number of nitrogens with one attached hydrogen (secondary N) is 5. The van der Waals surface area contributed by atoms with E-state index in [4.69, 9.17) is 10.1 Å². The summed E-state index contributed by atoms with van der Waals surface area (Å²) >= 11 is 0. The average molecular weight is 201 g/mol. The zero-order chi connectivity index (χ0) is 10.4. The Morgan fingerprint density at radius 2 is 2.43 bits per heavy atom. The molecule has 0 aliphatic carbocycles. The van der Waals surface area contributed by atoms with Gasteiger partial charge in [0, 0.05) is 20.1 Å². The number of hydrogen-bond acceptors (Lipinski definition) is 4. The Labute approximate surface area is 82.1 Å². The number of urea groups is 1. The van der Waals surface area contributed by atoms with Gasteiger partial charge in [0.25, 0.3) is 0 Å². The summed E-state index contributed by atoms with van der Waals surface area (Å²) < 4.78 is 5.24. The number of guanidine groups is 1. The highest BCUT2D eigenvalue weighted by Gasteiger charge is 2.15. The van der Waals surface area contributed by atoms with E-state index in [2.05, 4.69) is 21.3 Å². The van der Waals surface area contributed by atoms with Crippen LogP contribution in [-0.2, 0) is 4.74 Å². The van der Waals surface area contributed by atoms with Crippen molar-refractivity contribution in [2.24, 2.45) is 0 Å².